The number of rotatable bonds is 6. The molecule has 1 aromatic heterocycles. The molecule has 0 radical (unpaired) electrons. The molecule has 28 heavy (non-hydrogen) atoms. The number of para-hydroxylation sites is 1. The molecule has 144 valence electrons. The number of hydrogen-bond donors (Lipinski definition) is 1. The lowest BCUT2D eigenvalue weighted by molar-refractivity contribution is 0.0943. The van der Waals surface area contributed by atoms with Gasteiger partial charge in [0.1, 0.15) is 5.69 Å². The number of carbonyl (C=O) groups is 1. The Bertz CT molecular complexity index is 1000. The van der Waals surface area contributed by atoms with E-state index < -0.39 is 0 Å². The van der Waals surface area contributed by atoms with Crippen molar-refractivity contribution in [2.24, 2.45) is 0 Å². The van der Waals surface area contributed by atoms with Gasteiger partial charge in [0.25, 0.3) is 5.91 Å². The fourth-order valence-corrected chi connectivity index (χ4v) is 3.14. The zero-order valence-electron chi connectivity index (χ0n) is 14.5. The molecule has 2 heterocycles. The number of halogens is 2. The van der Waals surface area contributed by atoms with Crippen LogP contribution >= 0.6 is 23.2 Å². The molecule has 0 atom stereocenters. The topological polar surface area (TPSA) is 74.6 Å². The van der Waals surface area contributed by atoms with Gasteiger partial charge in [-0.05, 0) is 35.9 Å². The highest BCUT2D eigenvalue weighted by molar-refractivity contribution is 6.37. The minimum Gasteiger partial charge on any atom is -0.468 e. The molecule has 2 aromatic carbocycles. The first kappa shape index (κ1) is 18.5. The Morgan fingerprint density at radius 1 is 1.14 bits per heavy atom. The van der Waals surface area contributed by atoms with Crippen molar-refractivity contribution in [3.63, 3.8) is 0 Å². The van der Waals surface area contributed by atoms with Crippen LogP contribution in [0.2, 0.25) is 10.0 Å². The molecule has 0 fully saturated rings. The molecular formula is C19H15Cl2N3O4. The highest BCUT2D eigenvalue weighted by atomic mass is 35.5. The quantitative estimate of drug-likeness (QED) is 0.655. The SMILES string of the molecule is O=C(NCc1ccc2c(c1)OCO2)c1ccn(COc2c(Cl)cccc2Cl)n1. The van der Waals surface area contributed by atoms with Gasteiger partial charge in [-0.2, -0.15) is 5.10 Å². The van der Waals surface area contributed by atoms with Gasteiger partial charge in [0, 0.05) is 12.7 Å². The standard InChI is InChI=1S/C19H15Cl2N3O4/c20-13-2-1-3-14(21)18(13)26-10-24-7-6-15(23-24)19(25)22-9-12-4-5-16-17(8-12)28-11-27-16/h1-8H,9-11H2,(H,22,25). The number of nitrogens with zero attached hydrogens (tertiary/aromatic N) is 2. The second-order valence-corrected chi connectivity index (χ2v) is 6.75. The Hall–Kier alpha value is -2.90. The van der Waals surface area contributed by atoms with Crippen molar-refractivity contribution in [3.8, 4) is 17.2 Å². The molecule has 1 amide bonds. The van der Waals surface area contributed by atoms with Gasteiger partial charge in [-0.1, -0.05) is 35.3 Å². The lowest BCUT2D eigenvalue weighted by atomic mass is 10.2. The largest absolute Gasteiger partial charge is 0.468 e. The van der Waals surface area contributed by atoms with Gasteiger partial charge in [0.05, 0.1) is 10.0 Å². The summed E-state index contributed by atoms with van der Waals surface area (Å²) in [5.74, 6) is 1.45. The van der Waals surface area contributed by atoms with Crippen LogP contribution in [0.1, 0.15) is 16.1 Å². The summed E-state index contributed by atoms with van der Waals surface area (Å²) in [4.78, 5) is 12.3. The number of nitrogens with one attached hydrogen (secondary N) is 1. The van der Waals surface area contributed by atoms with E-state index in [2.05, 4.69) is 10.4 Å². The lowest BCUT2D eigenvalue weighted by Gasteiger charge is -2.09. The maximum absolute atomic E-state index is 12.3. The molecule has 1 N–H and O–H groups in total. The zero-order valence-corrected chi connectivity index (χ0v) is 16.0. The van der Waals surface area contributed by atoms with E-state index in [1.165, 1.54) is 4.68 Å². The second kappa shape index (κ2) is 8.00. The summed E-state index contributed by atoms with van der Waals surface area (Å²) in [5, 5.41) is 7.83. The third-order valence-electron chi connectivity index (χ3n) is 4.02. The molecule has 1 aliphatic heterocycles. The molecule has 0 bridgehead atoms. The molecule has 0 saturated carbocycles. The van der Waals surface area contributed by atoms with E-state index in [-0.39, 0.29) is 25.1 Å². The number of fused-ring (bicyclic) bond motifs is 1. The van der Waals surface area contributed by atoms with E-state index in [4.69, 9.17) is 37.4 Å². The van der Waals surface area contributed by atoms with Gasteiger partial charge in [-0.25, -0.2) is 4.68 Å². The number of benzene rings is 2. The number of amides is 1. The van der Waals surface area contributed by atoms with Crippen LogP contribution in [-0.2, 0) is 13.3 Å². The maximum atomic E-state index is 12.3. The predicted octanol–water partition coefficient (Wildman–Crippen LogP) is 3.89. The van der Waals surface area contributed by atoms with Crippen molar-refractivity contribution in [2.75, 3.05) is 6.79 Å². The van der Waals surface area contributed by atoms with Crippen molar-refractivity contribution in [1.82, 2.24) is 15.1 Å². The van der Waals surface area contributed by atoms with Crippen LogP contribution in [0.15, 0.2) is 48.7 Å². The Balaban J connectivity index is 1.34. The van der Waals surface area contributed by atoms with E-state index in [1.54, 1.807) is 30.5 Å². The van der Waals surface area contributed by atoms with E-state index in [0.29, 0.717) is 33.8 Å². The zero-order chi connectivity index (χ0) is 19.5. The first-order valence-corrected chi connectivity index (χ1v) is 9.13. The van der Waals surface area contributed by atoms with Crippen molar-refractivity contribution in [1.29, 1.82) is 0 Å². The van der Waals surface area contributed by atoms with Crippen LogP contribution in [0.3, 0.4) is 0 Å². The Morgan fingerprint density at radius 2 is 1.93 bits per heavy atom. The van der Waals surface area contributed by atoms with Crippen LogP contribution in [0.5, 0.6) is 17.2 Å². The molecule has 7 nitrogen and oxygen atoms in total. The number of hydrogen-bond acceptors (Lipinski definition) is 5. The third kappa shape index (κ3) is 4.00. The average molecular weight is 420 g/mol. The molecule has 1 aliphatic rings. The summed E-state index contributed by atoms with van der Waals surface area (Å²) in [6, 6.07) is 12.2. The van der Waals surface area contributed by atoms with Gasteiger partial charge < -0.3 is 19.5 Å². The molecule has 0 aliphatic carbocycles. The van der Waals surface area contributed by atoms with Crippen molar-refractivity contribution in [3.05, 3.63) is 70.0 Å². The highest BCUT2D eigenvalue weighted by Gasteiger charge is 2.15. The Labute approximate surface area is 170 Å². The monoisotopic (exact) mass is 419 g/mol. The van der Waals surface area contributed by atoms with Crippen LogP contribution in [0.25, 0.3) is 0 Å². The average Bonchev–Trinajstić information content (AvgIpc) is 3.34. The van der Waals surface area contributed by atoms with Crippen LogP contribution in [0.4, 0.5) is 0 Å². The van der Waals surface area contributed by atoms with Gasteiger partial charge in [-0.15, -0.1) is 0 Å². The first-order valence-electron chi connectivity index (χ1n) is 8.37. The molecule has 0 spiro atoms. The molecule has 9 heteroatoms. The van der Waals surface area contributed by atoms with Gasteiger partial charge >= 0.3 is 0 Å². The van der Waals surface area contributed by atoms with Crippen molar-refractivity contribution >= 4 is 29.1 Å². The van der Waals surface area contributed by atoms with Gasteiger partial charge in [-0.3, -0.25) is 4.79 Å². The fraction of sp³-hybridized carbons (Fsp3) is 0.158. The summed E-state index contributed by atoms with van der Waals surface area (Å²) in [6.07, 6.45) is 1.64. The number of aromatic nitrogens is 2. The third-order valence-corrected chi connectivity index (χ3v) is 4.62. The minimum absolute atomic E-state index is 0.0683. The fourth-order valence-electron chi connectivity index (χ4n) is 2.63. The van der Waals surface area contributed by atoms with E-state index in [0.717, 1.165) is 5.56 Å². The summed E-state index contributed by atoms with van der Waals surface area (Å²) in [7, 11) is 0. The summed E-state index contributed by atoms with van der Waals surface area (Å²) >= 11 is 12.1. The molecule has 0 saturated heterocycles. The van der Waals surface area contributed by atoms with Crippen molar-refractivity contribution in [2.45, 2.75) is 13.3 Å². The molecular weight excluding hydrogens is 405 g/mol. The summed E-state index contributed by atoms with van der Waals surface area (Å²) in [6.45, 7) is 0.622. The van der Waals surface area contributed by atoms with Gasteiger partial charge in [0.15, 0.2) is 24.0 Å². The normalized spacial score (nSPS) is 12.1. The first-order chi connectivity index (χ1) is 13.6. The Morgan fingerprint density at radius 3 is 2.75 bits per heavy atom. The molecule has 0 unspecified atom stereocenters. The lowest BCUT2D eigenvalue weighted by Crippen LogP contribution is -2.23. The minimum atomic E-state index is -0.299. The Kier molecular flexibility index (Phi) is 5.27. The molecule has 4 rings (SSSR count). The predicted molar refractivity (Wildman–Crippen MR) is 103 cm³/mol. The van der Waals surface area contributed by atoms with E-state index in [9.17, 15) is 4.79 Å². The van der Waals surface area contributed by atoms with Gasteiger partial charge in [0.2, 0.25) is 6.79 Å². The van der Waals surface area contributed by atoms with E-state index >= 15 is 0 Å². The smallest absolute Gasteiger partial charge is 0.272 e. The highest BCUT2D eigenvalue weighted by Crippen LogP contribution is 2.33. The number of ether oxygens (including phenoxy) is 3. The number of carbonyl (C=O) groups excluding carboxylic acids is 1. The second-order valence-electron chi connectivity index (χ2n) is 5.93. The van der Waals surface area contributed by atoms with Crippen LogP contribution in [-0.4, -0.2) is 22.5 Å². The maximum Gasteiger partial charge on any atom is 0.272 e. The van der Waals surface area contributed by atoms with Crippen LogP contribution in [0, 0.1) is 0 Å². The van der Waals surface area contributed by atoms with Crippen molar-refractivity contribution < 1.29 is 19.0 Å². The summed E-state index contributed by atoms with van der Waals surface area (Å²) < 4.78 is 17.7. The summed E-state index contributed by atoms with van der Waals surface area (Å²) in [5.41, 5.74) is 1.17. The van der Waals surface area contributed by atoms with E-state index in [1.807, 2.05) is 18.2 Å². The molecule has 3 aromatic rings. The van der Waals surface area contributed by atoms with Crippen LogP contribution < -0.4 is 19.5 Å².